The zero-order valence-electron chi connectivity index (χ0n) is 16.9. The molecule has 2 atom stereocenters. The van der Waals surface area contributed by atoms with Crippen LogP contribution >= 0.6 is 0 Å². The van der Waals surface area contributed by atoms with Gasteiger partial charge in [0.1, 0.15) is 17.1 Å². The Balaban J connectivity index is 1.58. The summed E-state index contributed by atoms with van der Waals surface area (Å²) in [6.45, 7) is 0. The zero-order valence-corrected chi connectivity index (χ0v) is 16.9. The van der Waals surface area contributed by atoms with Crippen molar-refractivity contribution in [2.24, 2.45) is 7.05 Å². The monoisotopic (exact) mass is 417 g/mol. The lowest BCUT2D eigenvalue weighted by Gasteiger charge is -2.17. The molecule has 0 radical (unpaired) electrons. The van der Waals surface area contributed by atoms with E-state index in [1.807, 2.05) is 6.07 Å². The maximum Gasteiger partial charge on any atom is 0.344 e. The third-order valence-electron chi connectivity index (χ3n) is 5.36. The minimum absolute atomic E-state index is 0.321. The number of hydrogen-bond acceptors (Lipinski definition) is 6. The van der Waals surface area contributed by atoms with Crippen molar-refractivity contribution in [1.82, 2.24) is 9.78 Å². The summed E-state index contributed by atoms with van der Waals surface area (Å²) in [5.41, 5.74) is 1.49. The highest BCUT2D eigenvalue weighted by Gasteiger charge is 2.44. The molecule has 0 aliphatic carbocycles. The van der Waals surface area contributed by atoms with Gasteiger partial charge in [0.2, 0.25) is 0 Å². The van der Waals surface area contributed by atoms with Crippen LogP contribution in [0.2, 0.25) is 0 Å². The molecule has 31 heavy (non-hydrogen) atoms. The van der Waals surface area contributed by atoms with Crippen LogP contribution in [0.4, 0.5) is 5.69 Å². The molecule has 0 saturated heterocycles. The van der Waals surface area contributed by atoms with E-state index in [9.17, 15) is 9.59 Å². The lowest BCUT2D eigenvalue weighted by atomic mass is 9.90. The van der Waals surface area contributed by atoms with E-state index >= 15 is 0 Å². The van der Waals surface area contributed by atoms with Gasteiger partial charge in [-0.2, -0.15) is 5.10 Å². The first kappa shape index (κ1) is 18.9. The molecular weight excluding hydrogens is 398 g/mol. The van der Waals surface area contributed by atoms with Crippen molar-refractivity contribution in [2.45, 2.75) is 12.0 Å². The number of ether oxygens (including phenoxy) is 2. The predicted octanol–water partition coefficient (Wildman–Crippen LogP) is 3.07. The van der Waals surface area contributed by atoms with Crippen LogP contribution in [0.15, 0.2) is 70.1 Å². The van der Waals surface area contributed by atoms with Gasteiger partial charge in [-0.25, -0.2) is 4.79 Å². The third kappa shape index (κ3) is 3.22. The Bertz CT molecular complexity index is 1340. The Hall–Kier alpha value is -4.07. The molecular formula is C23H19N3O5. The van der Waals surface area contributed by atoms with Crippen LogP contribution < -0.4 is 20.4 Å². The highest BCUT2D eigenvalue weighted by molar-refractivity contribution is 5.97. The van der Waals surface area contributed by atoms with Crippen LogP contribution in [0.3, 0.4) is 0 Å². The van der Waals surface area contributed by atoms with Gasteiger partial charge in [-0.3, -0.25) is 9.48 Å². The van der Waals surface area contributed by atoms with Gasteiger partial charge in [0, 0.05) is 24.5 Å². The number of fused-ring (bicyclic) bond motifs is 3. The molecule has 1 N–H and O–H groups in total. The molecule has 2 aromatic carbocycles. The maximum atomic E-state index is 13.2. The van der Waals surface area contributed by atoms with Crippen molar-refractivity contribution in [3.8, 4) is 11.5 Å². The zero-order chi connectivity index (χ0) is 21.5. The van der Waals surface area contributed by atoms with Crippen molar-refractivity contribution >= 4 is 22.6 Å². The molecule has 2 aromatic heterocycles. The molecule has 0 unspecified atom stereocenters. The molecule has 0 saturated carbocycles. The lowest BCUT2D eigenvalue weighted by Crippen LogP contribution is -2.35. The fourth-order valence-corrected chi connectivity index (χ4v) is 3.91. The summed E-state index contributed by atoms with van der Waals surface area (Å²) in [7, 11) is 3.35. The number of aromatic nitrogens is 2. The van der Waals surface area contributed by atoms with E-state index in [4.69, 9.17) is 13.9 Å². The number of nitrogens with zero attached hydrogens (tertiary/aromatic N) is 2. The van der Waals surface area contributed by atoms with Gasteiger partial charge in [-0.15, -0.1) is 0 Å². The van der Waals surface area contributed by atoms with E-state index in [0.717, 1.165) is 0 Å². The number of benzene rings is 2. The van der Waals surface area contributed by atoms with E-state index in [0.29, 0.717) is 39.3 Å². The number of hydrogen-bond donors (Lipinski definition) is 1. The van der Waals surface area contributed by atoms with E-state index in [1.165, 1.54) is 0 Å². The Labute approximate surface area is 177 Å². The highest BCUT2D eigenvalue weighted by atomic mass is 16.5. The summed E-state index contributed by atoms with van der Waals surface area (Å²) < 4.78 is 18.4. The first-order valence-corrected chi connectivity index (χ1v) is 9.71. The van der Waals surface area contributed by atoms with Gasteiger partial charge >= 0.3 is 5.63 Å². The lowest BCUT2D eigenvalue weighted by molar-refractivity contribution is -0.122. The Morgan fingerprint density at radius 3 is 2.65 bits per heavy atom. The van der Waals surface area contributed by atoms with E-state index in [1.54, 1.807) is 73.7 Å². The van der Waals surface area contributed by atoms with Crippen LogP contribution in [-0.2, 0) is 11.8 Å². The van der Waals surface area contributed by atoms with Crippen LogP contribution in [0.25, 0.3) is 11.0 Å². The first-order valence-electron chi connectivity index (χ1n) is 9.71. The summed E-state index contributed by atoms with van der Waals surface area (Å²) in [6, 6.07) is 14.1. The fourth-order valence-electron chi connectivity index (χ4n) is 3.91. The standard InChI is InChI=1S/C23H19N3O5/c1-26-12-13(11-24-26)18-19-20(16-5-3-4-6-17(16)30-23(19)28)31-21(18)22(27)25-14-7-9-15(29-2)10-8-14/h3-12,18,21H,1-2H3,(H,25,27)/t18-,21-/m1/s1. The SMILES string of the molecule is COc1ccc(NC(=O)[C@@H]2Oc3c(c(=O)oc4ccccc34)[C@H]2c2cnn(C)c2)cc1. The van der Waals surface area contributed by atoms with Gasteiger partial charge in [-0.05, 0) is 36.4 Å². The Morgan fingerprint density at radius 2 is 1.94 bits per heavy atom. The molecule has 1 aliphatic heterocycles. The van der Waals surface area contributed by atoms with E-state index in [2.05, 4.69) is 10.4 Å². The Morgan fingerprint density at radius 1 is 1.16 bits per heavy atom. The van der Waals surface area contributed by atoms with E-state index in [-0.39, 0.29) is 5.91 Å². The van der Waals surface area contributed by atoms with Crippen LogP contribution in [-0.4, -0.2) is 28.9 Å². The fraction of sp³-hybridized carbons (Fsp3) is 0.174. The number of nitrogens with one attached hydrogen (secondary N) is 1. The number of carbonyl (C=O) groups is 1. The molecule has 0 bridgehead atoms. The van der Waals surface area contributed by atoms with Crippen molar-refractivity contribution in [3.05, 3.63) is 82.5 Å². The van der Waals surface area contributed by atoms with Crippen molar-refractivity contribution in [3.63, 3.8) is 0 Å². The summed E-state index contributed by atoms with van der Waals surface area (Å²) in [5, 5.41) is 7.71. The first-order chi connectivity index (χ1) is 15.0. The number of amides is 1. The van der Waals surface area contributed by atoms with Crippen molar-refractivity contribution in [2.75, 3.05) is 12.4 Å². The molecule has 0 fully saturated rings. The third-order valence-corrected chi connectivity index (χ3v) is 5.36. The summed E-state index contributed by atoms with van der Waals surface area (Å²) >= 11 is 0. The Kier molecular flexibility index (Phi) is 4.47. The topological polar surface area (TPSA) is 95.6 Å². The molecule has 8 nitrogen and oxygen atoms in total. The molecule has 1 amide bonds. The number of aryl methyl sites for hydroxylation is 1. The number of methoxy groups -OCH3 is 1. The summed E-state index contributed by atoms with van der Waals surface area (Å²) in [5.74, 6) is 0.0249. The van der Waals surface area contributed by atoms with Gasteiger partial charge in [0.15, 0.2) is 6.10 Å². The molecule has 3 heterocycles. The number of rotatable bonds is 4. The normalized spacial score (nSPS) is 17.2. The number of para-hydroxylation sites is 1. The molecule has 8 heteroatoms. The number of anilines is 1. The summed E-state index contributed by atoms with van der Waals surface area (Å²) in [6.07, 6.45) is 2.44. The molecule has 0 spiro atoms. The number of carbonyl (C=O) groups excluding carboxylic acids is 1. The minimum Gasteiger partial charge on any atom is -0.497 e. The predicted molar refractivity (Wildman–Crippen MR) is 114 cm³/mol. The van der Waals surface area contributed by atoms with E-state index < -0.39 is 17.6 Å². The average molecular weight is 417 g/mol. The second-order valence-corrected chi connectivity index (χ2v) is 7.31. The van der Waals surface area contributed by atoms with Gasteiger partial charge < -0.3 is 19.2 Å². The molecule has 5 rings (SSSR count). The smallest absolute Gasteiger partial charge is 0.344 e. The quantitative estimate of drug-likeness (QED) is 0.513. The van der Waals surface area contributed by atoms with Crippen molar-refractivity contribution in [1.29, 1.82) is 0 Å². The largest absolute Gasteiger partial charge is 0.497 e. The second kappa shape index (κ2) is 7.32. The highest BCUT2D eigenvalue weighted by Crippen LogP contribution is 2.44. The molecule has 1 aliphatic rings. The van der Waals surface area contributed by atoms with Crippen LogP contribution in [0.5, 0.6) is 11.5 Å². The second-order valence-electron chi connectivity index (χ2n) is 7.31. The van der Waals surface area contributed by atoms with Crippen LogP contribution in [0, 0.1) is 0 Å². The van der Waals surface area contributed by atoms with Crippen LogP contribution in [0.1, 0.15) is 17.0 Å². The van der Waals surface area contributed by atoms with Crippen molar-refractivity contribution < 1.29 is 18.7 Å². The van der Waals surface area contributed by atoms with Gasteiger partial charge in [0.25, 0.3) is 5.91 Å². The molecule has 156 valence electrons. The van der Waals surface area contributed by atoms with Gasteiger partial charge in [0.05, 0.1) is 30.2 Å². The minimum atomic E-state index is -0.963. The van der Waals surface area contributed by atoms with Gasteiger partial charge in [-0.1, -0.05) is 12.1 Å². The molecule has 4 aromatic rings. The maximum absolute atomic E-state index is 13.2. The average Bonchev–Trinajstić information content (AvgIpc) is 3.38. The summed E-state index contributed by atoms with van der Waals surface area (Å²) in [4.78, 5) is 26.1.